The van der Waals surface area contributed by atoms with Gasteiger partial charge in [-0.25, -0.2) is 0 Å². The van der Waals surface area contributed by atoms with E-state index in [1.807, 2.05) is 12.2 Å². The van der Waals surface area contributed by atoms with Crippen LogP contribution in [-0.2, 0) is 0 Å². The number of quaternary nitrogens is 1. The summed E-state index contributed by atoms with van der Waals surface area (Å²) < 4.78 is 0. The molecule has 7 N–H and O–H groups in total. The van der Waals surface area contributed by atoms with E-state index in [2.05, 4.69) is 12.3 Å². The summed E-state index contributed by atoms with van der Waals surface area (Å²) in [5.41, 5.74) is 17.2. The highest BCUT2D eigenvalue weighted by Crippen LogP contribution is 2.14. The molecule has 0 saturated carbocycles. The van der Waals surface area contributed by atoms with Gasteiger partial charge in [-0.05, 0) is 17.7 Å². The van der Waals surface area contributed by atoms with Crippen LogP contribution in [0.2, 0.25) is 0 Å². The Hall–Kier alpha value is -1.06. The van der Waals surface area contributed by atoms with Gasteiger partial charge in [0.25, 0.3) is 0 Å². The highest BCUT2D eigenvalue weighted by Gasteiger charge is 2.17. The molecule has 0 aliphatic heterocycles. The highest BCUT2D eigenvalue weighted by atomic mass is 14.7. The smallest absolute Gasteiger partial charge is 0.105 e. The van der Waals surface area contributed by atoms with Crippen molar-refractivity contribution in [2.24, 2.45) is 11.5 Å². The lowest BCUT2D eigenvalue weighted by Crippen LogP contribution is -2.61. The molecule has 0 aromatic carbocycles. The number of nitrogens with two attached hydrogens (primary N) is 2. The second-order valence-electron chi connectivity index (χ2n) is 3.08. The van der Waals surface area contributed by atoms with Gasteiger partial charge >= 0.3 is 0 Å². The Labute approximate surface area is 72.6 Å². The second kappa shape index (κ2) is 3.56. The zero-order chi connectivity index (χ0) is 9.14. The minimum atomic E-state index is -0.0278. The minimum Gasteiger partial charge on any atom is -0.398 e. The largest absolute Gasteiger partial charge is 0.398 e. The predicted octanol–water partition coefficient (Wildman–Crippen LogP) is -0.717. The van der Waals surface area contributed by atoms with Crippen LogP contribution in [0, 0.1) is 0 Å². The molecule has 2 atom stereocenters. The van der Waals surface area contributed by atoms with E-state index in [4.69, 9.17) is 11.5 Å². The zero-order valence-corrected chi connectivity index (χ0v) is 7.16. The standard InChI is InChI=1S/C9H15N3/c1-2-7-8(11)4-3-6(10)5-9(7)12/h2-4,6,9H,1,5,10-12H2/p+1. The SMILES string of the molecule is C=CC1=C(N)C=CC([NH3+])CC1N. The van der Waals surface area contributed by atoms with Crippen molar-refractivity contribution in [1.29, 1.82) is 0 Å². The summed E-state index contributed by atoms with van der Waals surface area (Å²) in [5.74, 6) is 0. The molecule has 12 heavy (non-hydrogen) atoms. The maximum absolute atomic E-state index is 5.88. The van der Waals surface area contributed by atoms with Crippen LogP contribution in [0.3, 0.4) is 0 Å². The molecule has 3 nitrogen and oxygen atoms in total. The Bertz CT molecular complexity index is 240. The quantitative estimate of drug-likeness (QED) is 0.481. The van der Waals surface area contributed by atoms with Gasteiger partial charge in [0, 0.05) is 18.2 Å². The molecule has 0 radical (unpaired) electrons. The summed E-state index contributed by atoms with van der Waals surface area (Å²) in [4.78, 5) is 0. The molecule has 2 unspecified atom stereocenters. The van der Waals surface area contributed by atoms with Gasteiger partial charge < -0.3 is 17.2 Å². The van der Waals surface area contributed by atoms with Gasteiger partial charge in [0.2, 0.25) is 0 Å². The molecular weight excluding hydrogens is 150 g/mol. The third kappa shape index (κ3) is 1.75. The maximum Gasteiger partial charge on any atom is 0.105 e. The van der Waals surface area contributed by atoms with Crippen LogP contribution in [0.25, 0.3) is 0 Å². The highest BCUT2D eigenvalue weighted by molar-refractivity contribution is 5.36. The van der Waals surface area contributed by atoms with E-state index in [9.17, 15) is 0 Å². The van der Waals surface area contributed by atoms with Crippen molar-refractivity contribution in [1.82, 2.24) is 0 Å². The molecule has 0 bridgehead atoms. The molecule has 66 valence electrons. The van der Waals surface area contributed by atoms with Crippen molar-refractivity contribution in [3.8, 4) is 0 Å². The molecule has 0 aromatic rings. The van der Waals surface area contributed by atoms with Crippen molar-refractivity contribution in [3.63, 3.8) is 0 Å². The Balaban J connectivity index is 2.95. The first kappa shape index (κ1) is 9.03. The fraction of sp³-hybridized carbons (Fsp3) is 0.333. The first-order chi connectivity index (χ1) is 5.65. The van der Waals surface area contributed by atoms with E-state index in [0.717, 1.165) is 12.0 Å². The van der Waals surface area contributed by atoms with E-state index in [0.29, 0.717) is 5.70 Å². The summed E-state index contributed by atoms with van der Waals surface area (Å²) in [5, 5.41) is 0. The topological polar surface area (TPSA) is 79.7 Å². The number of allylic oxidation sites excluding steroid dienone is 1. The van der Waals surface area contributed by atoms with Crippen molar-refractivity contribution >= 4 is 0 Å². The first-order valence-electron chi connectivity index (χ1n) is 4.04. The molecule has 0 aromatic heterocycles. The van der Waals surface area contributed by atoms with Crippen molar-refractivity contribution < 1.29 is 5.73 Å². The molecule has 0 spiro atoms. The second-order valence-corrected chi connectivity index (χ2v) is 3.08. The van der Waals surface area contributed by atoms with Gasteiger partial charge in [-0.3, -0.25) is 0 Å². The van der Waals surface area contributed by atoms with E-state index in [1.165, 1.54) is 0 Å². The van der Waals surface area contributed by atoms with Crippen LogP contribution < -0.4 is 17.2 Å². The molecule has 1 aliphatic carbocycles. The summed E-state index contributed by atoms with van der Waals surface area (Å²) in [6.45, 7) is 3.68. The molecule has 3 heteroatoms. The first-order valence-corrected chi connectivity index (χ1v) is 4.04. The van der Waals surface area contributed by atoms with Gasteiger partial charge in [-0.2, -0.15) is 0 Å². The monoisotopic (exact) mass is 166 g/mol. The average Bonchev–Trinajstić information content (AvgIpc) is 2.12. The Morgan fingerprint density at radius 3 is 2.92 bits per heavy atom. The van der Waals surface area contributed by atoms with Gasteiger partial charge in [0.1, 0.15) is 6.04 Å². The molecule has 0 saturated heterocycles. The number of hydrogen-bond donors (Lipinski definition) is 3. The van der Waals surface area contributed by atoms with E-state index in [-0.39, 0.29) is 12.1 Å². The van der Waals surface area contributed by atoms with E-state index in [1.54, 1.807) is 6.08 Å². The third-order valence-electron chi connectivity index (χ3n) is 2.06. The summed E-state index contributed by atoms with van der Waals surface area (Å²) >= 11 is 0. The summed E-state index contributed by atoms with van der Waals surface area (Å²) in [6.07, 6.45) is 6.40. The van der Waals surface area contributed by atoms with Gasteiger partial charge in [-0.15, -0.1) is 0 Å². The maximum atomic E-state index is 5.88. The van der Waals surface area contributed by atoms with Crippen LogP contribution in [-0.4, -0.2) is 12.1 Å². The molecule has 0 amide bonds. The van der Waals surface area contributed by atoms with Crippen LogP contribution >= 0.6 is 0 Å². The van der Waals surface area contributed by atoms with Crippen molar-refractivity contribution in [3.05, 3.63) is 36.1 Å². The molecule has 0 heterocycles. The lowest BCUT2D eigenvalue weighted by atomic mass is 10.0. The minimum absolute atomic E-state index is 0.0278. The third-order valence-corrected chi connectivity index (χ3v) is 2.06. The lowest BCUT2D eigenvalue weighted by Gasteiger charge is -2.12. The number of hydrogen-bond acceptors (Lipinski definition) is 2. The average molecular weight is 166 g/mol. The summed E-state index contributed by atoms with van der Waals surface area (Å²) in [7, 11) is 0. The number of rotatable bonds is 1. The van der Waals surface area contributed by atoms with Gasteiger partial charge in [0.15, 0.2) is 0 Å². The molecular formula is C9H16N3+. The lowest BCUT2D eigenvalue weighted by molar-refractivity contribution is -0.404. The van der Waals surface area contributed by atoms with Gasteiger partial charge in [0.05, 0.1) is 0 Å². The fourth-order valence-corrected chi connectivity index (χ4v) is 1.35. The normalized spacial score (nSPS) is 30.2. The molecule has 0 fully saturated rings. The molecule has 1 aliphatic rings. The van der Waals surface area contributed by atoms with Gasteiger partial charge in [-0.1, -0.05) is 12.7 Å². The van der Waals surface area contributed by atoms with Crippen LogP contribution in [0.15, 0.2) is 36.1 Å². The van der Waals surface area contributed by atoms with E-state index < -0.39 is 0 Å². The van der Waals surface area contributed by atoms with E-state index >= 15 is 0 Å². The Morgan fingerprint density at radius 2 is 2.33 bits per heavy atom. The zero-order valence-electron chi connectivity index (χ0n) is 7.16. The van der Waals surface area contributed by atoms with Crippen molar-refractivity contribution in [2.75, 3.05) is 0 Å². The Morgan fingerprint density at radius 1 is 1.67 bits per heavy atom. The molecule has 1 rings (SSSR count). The van der Waals surface area contributed by atoms with Crippen LogP contribution in [0.5, 0.6) is 0 Å². The summed E-state index contributed by atoms with van der Waals surface area (Å²) in [6, 6.07) is 0.219. The Kier molecular flexibility index (Phi) is 2.68. The van der Waals surface area contributed by atoms with Crippen LogP contribution in [0.4, 0.5) is 0 Å². The fourth-order valence-electron chi connectivity index (χ4n) is 1.35. The van der Waals surface area contributed by atoms with Crippen molar-refractivity contribution in [2.45, 2.75) is 18.5 Å². The van der Waals surface area contributed by atoms with Crippen LogP contribution in [0.1, 0.15) is 6.42 Å². The predicted molar refractivity (Wildman–Crippen MR) is 49.8 cm³/mol.